The first-order valence-electron chi connectivity index (χ1n) is 6.42. The zero-order valence-electron chi connectivity index (χ0n) is 11.3. The molecule has 1 aromatic carbocycles. The molecule has 2 amide bonds. The molecule has 0 heterocycles. The van der Waals surface area contributed by atoms with Gasteiger partial charge in [-0.1, -0.05) is 23.2 Å². The Hall–Kier alpha value is -1.26. The van der Waals surface area contributed by atoms with Gasteiger partial charge in [-0.05, 0) is 44.9 Å². The predicted molar refractivity (Wildman–Crippen MR) is 80.0 cm³/mol. The molecule has 4 nitrogen and oxygen atoms in total. The fourth-order valence-corrected chi connectivity index (χ4v) is 2.49. The molecule has 0 spiro atoms. The number of nitrogens with one attached hydrogen (secondary N) is 2. The maximum atomic E-state index is 12.3. The van der Waals surface area contributed by atoms with E-state index in [9.17, 15) is 9.59 Å². The van der Waals surface area contributed by atoms with Crippen LogP contribution in [0, 0.1) is 5.41 Å². The summed E-state index contributed by atoms with van der Waals surface area (Å²) < 4.78 is 0. The van der Waals surface area contributed by atoms with Crippen LogP contribution in [0.2, 0.25) is 10.0 Å². The fourth-order valence-electron chi connectivity index (χ4n) is 1.96. The van der Waals surface area contributed by atoms with Crippen LogP contribution in [-0.4, -0.2) is 17.9 Å². The van der Waals surface area contributed by atoms with Crippen molar-refractivity contribution in [2.24, 2.45) is 5.41 Å². The molecule has 0 saturated heterocycles. The minimum absolute atomic E-state index is 0.00777. The number of hydrogen-bond donors (Lipinski definition) is 2. The standard InChI is InChI=1S/C14H16Cl2N2O2/c1-8(2)17-12(19)14(3-4-14)13(20)18-11-6-9(15)5-10(16)7-11/h5-8H,3-4H2,1-2H3,(H,17,19)(H,18,20). The summed E-state index contributed by atoms with van der Waals surface area (Å²) in [5.41, 5.74) is -0.449. The van der Waals surface area contributed by atoms with Crippen molar-refractivity contribution in [2.45, 2.75) is 32.7 Å². The first-order valence-corrected chi connectivity index (χ1v) is 7.17. The molecule has 0 radical (unpaired) electrons. The molecule has 2 N–H and O–H groups in total. The number of rotatable bonds is 4. The van der Waals surface area contributed by atoms with Crippen LogP contribution in [0.1, 0.15) is 26.7 Å². The topological polar surface area (TPSA) is 58.2 Å². The van der Waals surface area contributed by atoms with Gasteiger partial charge in [-0.2, -0.15) is 0 Å². The molecule has 6 heteroatoms. The van der Waals surface area contributed by atoms with Crippen LogP contribution in [0.3, 0.4) is 0 Å². The molecule has 1 aliphatic carbocycles. The Balaban J connectivity index is 2.10. The largest absolute Gasteiger partial charge is 0.353 e. The Kier molecular flexibility index (Phi) is 4.25. The smallest absolute Gasteiger partial charge is 0.240 e. The summed E-state index contributed by atoms with van der Waals surface area (Å²) in [5, 5.41) is 6.36. The van der Waals surface area contributed by atoms with Crippen molar-refractivity contribution in [3.63, 3.8) is 0 Å². The van der Waals surface area contributed by atoms with E-state index < -0.39 is 5.41 Å². The van der Waals surface area contributed by atoms with Gasteiger partial charge < -0.3 is 10.6 Å². The van der Waals surface area contributed by atoms with Gasteiger partial charge in [0.1, 0.15) is 5.41 Å². The van der Waals surface area contributed by atoms with Gasteiger partial charge in [-0.25, -0.2) is 0 Å². The monoisotopic (exact) mass is 314 g/mol. The Morgan fingerprint density at radius 2 is 1.65 bits per heavy atom. The molecule has 1 aromatic rings. The van der Waals surface area contributed by atoms with Crippen molar-refractivity contribution in [1.82, 2.24) is 5.32 Å². The summed E-state index contributed by atoms with van der Waals surface area (Å²) in [6, 6.07) is 4.79. The molecule has 108 valence electrons. The summed E-state index contributed by atoms with van der Waals surface area (Å²) in [5.74, 6) is -0.535. The number of benzene rings is 1. The lowest BCUT2D eigenvalue weighted by molar-refractivity contribution is -0.134. The molecule has 0 atom stereocenters. The summed E-state index contributed by atoms with van der Waals surface area (Å²) >= 11 is 11.8. The van der Waals surface area contributed by atoms with Gasteiger partial charge in [0.05, 0.1) is 0 Å². The molecule has 1 aliphatic rings. The van der Waals surface area contributed by atoms with Crippen LogP contribution < -0.4 is 10.6 Å². The molecule has 20 heavy (non-hydrogen) atoms. The van der Waals surface area contributed by atoms with E-state index in [-0.39, 0.29) is 17.9 Å². The van der Waals surface area contributed by atoms with E-state index in [1.54, 1.807) is 18.2 Å². The van der Waals surface area contributed by atoms with Crippen molar-refractivity contribution < 1.29 is 9.59 Å². The fraction of sp³-hybridized carbons (Fsp3) is 0.429. The van der Waals surface area contributed by atoms with Crippen LogP contribution in [0.4, 0.5) is 5.69 Å². The molecule has 1 saturated carbocycles. The third kappa shape index (κ3) is 3.25. The molecule has 0 unspecified atom stereocenters. The Morgan fingerprint density at radius 3 is 2.10 bits per heavy atom. The van der Waals surface area contributed by atoms with E-state index in [2.05, 4.69) is 10.6 Å². The lowest BCUT2D eigenvalue weighted by Crippen LogP contribution is -2.42. The second-order valence-electron chi connectivity index (χ2n) is 5.32. The van der Waals surface area contributed by atoms with E-state index in [1.807, 2.05) is 13.8 Å². The van der Waals surface area contributed by atoms with E-state index in [0.29, 0.717) is 28.6 Å². The molecular formula is C14H16Cl2N2O2. The van der Waals surface area contributed by atoms with Gasteiger partial charge in [-0.15, -0.1) is 0 Å². The van der Waals surface area contributed by atoms with Crippen molar-refractivity contribution in [1.29, 1.82) is 0 Å². The zero-order valence-corrected chi connectivity index (χ0v) is 12.8. The third-order valence-corrected chi connectivity index (χ3v) is 3.60. The van der Waals surface area contributed by atoms with Gasteiger partial charge in [0.25, 0.3) is 0 Å². The first kappa shape index (κ1) is 15.1. The van der Waals surface area contributed by atoms with E-state index in [0.717, 1.165) is 0 Å². The van der Waals surface area contributed by atoms with Gasteiger partial charge in [0, 0.05) is 21.8 Å². The van der Waals surface area contributed by atoms with E-state index >= 15 is 0 Å². The minimum atomic E-state index is -0.945. The maximum Gasteiger partial charge on any atom is 0.240 e. The summed E-state index contributed by atoms with van der Waals surface area (Å²) in [7, 11) is 0. The highest BCUT2D eigenvalue weighted by molar-refractivity contribution is 6.35. The number of carbonyl (C=O) groups excluding carboxylic acids is 2. The first-order chi connectivity index (χ1) is 9.33. The van der Waals surface area contributed by atoms with Gasteiger partial charge in [0.2, 0.25) is 11.8 Å². The van der Waals surface area contributed by atoms with Crippen molar-refractivity contribution in [3.05, 3.63) is 28.2 Å². The molecular weight excluding hydrogens is 299 g/mol. The highest BCUT2D eigenvalue weighted by Crippen LogP contribution is 2.47. The number of anilines is 1. The zero-order chi connectivity index (χ0) is 14.9. The van der Waals surface area contributed by atoms with Gasteiger partial charge in [0.15, 0.2) is 0 Å². The normalized spacial score (nSPS) is 15.8. The average molecular weight is 315 g/mol. The van der Waals surface area contributed by atoms with Crippen molar-refractivity contribution in [2.75, 3.05) is 5.32 Å². The van der Waals surface area contributed by atoms with Crippen molar-refractivity contribution in [3.8, 4) is 0 Å². The van der Waals surface area contributed by atoms with Crippen LogP contribution in [0.5, 0.6) is 0 Å². The molecule has 0 aliphatic heterocycles. The maximum absolute atomic E-state index is 12.3. The lowest BCUT2D eigenvalue weighted by atomic mass is 10.0. The number of hydrogen-bond acceptors (Lipinski definition) is 2. The Labute approximate surface area is 127 Å². The Bertz CT molecular complexity index is 534. The number of carbonyl (C=O) groups is 2. The Morgan fingerprint density at radius 1 is 1.10 bits per heavy atom. The molecule has 0 bridgehead atoms. The summed E-state index contributed by atoms with van der Waals surface area (Å²) in [6.07, 6.45) is 1.12. The van der Waals surface area contributed by atoms with Crippen LogP contribution in [-0.2, 0) is 9.59 Å². The molecule has 0 aromatic heterocycles. The molecule has 1 fully saturated rings. The van der Waals surface area contributed by atoms with Crippen molar-refractivity contribution >= 4 is 40.7 Å². The summed E-state index contributed by atoms with van der Waals surface area (Å²) in [6.45, 7) is 3.73. The average Bonchev–Trinajstić information content (AvgIpc) is 3.06. The van der Waals surface area contributed by atoms with Crippen LogP contribution in [0.15, 0.2) is 18.2 Å². The van der Waals surface area contributed by atoms with Gasteiger partial charge >= 0.3 is 0 Å². The highest BCUT2D eigenvalue weighted by Gasteiger charge is 2.56. The van der Waals surface area contributed by atoms with E-state index in [4.69, 9.17) is 23.2 Å². The van der Waals surface area contributed by atoms with Crippen LogP contribution in [0.25, 0.3) is 0 Å². The number of halogens is 2. The highest BCUT2D eigenvalue weighted by atomic mass is 35.5. The SMILES string of the molecule is CC(C)NC(=O)C1(C(=O)Nc2cc(Cl)cc(Cl)c2)CC1. The number of amides is 2. The molecule has 2 rings (SSSR count). The second-order valence-corrected chi connectivity index (χ2v) is 6.20. The quantitative estimate of drug-likeness (QED) is 0.838. The third-order valence-electron chi connectivity index (χ3n) is 3.16. The van der Waals surface area contributed by atoms with E-state index in [1.165, 1.54) is 0 Å². The van der Waals surface area contributed by atoms with Crippen LogP contribution >= 0.6 is 23.2 Å². The lowest BCUT2D eigenvalue weighted by Gasteiger charge is -2.17. The summed E-state index contributed by atoms with van der Waals surface area (Å²) in [4.78, 5) is 24.4. The predicted octanol–water partition coefficient (Wildman–Crippen LogP) is 3.24. The second kappa shape index (κ2) is 5.62. The van der Waals surface area contributed by atoms with Gasteiger partial charge in [-0.3, -0.25) is 9.59 Å². The minimum Gasteiger partial charge on any atom is -0.353 e.